The Bertz CT molecular complexity index is 683. The highest BCUT2D eigenvalue weighted by Gasteiger charge is 2.26. The molecule has 122 valence electrons. The average molecular weight is 314 g/mol. The minimum atomic E-state index is -0.107. The first-order valence-corrected chi connectivity index (χ1v) is 8.08. The summed E-state index contributed by atoms with van der Waals surface area (Å²) in [6.07, 6.45) is 4.12. The van der Waals surface area contributed by atoms with Gasteiger partial charge < -0.3 is 10.4 Å². The van der Waals surface area contributed by atoms with Crippen LogP contribution in [0.1, 0.15) is 41.9 Å². The zero-order valence-electron chi connectivity index (χ0n) is 13.2. The van der Waals surface area contributed by atoms with Gasteiger partial charge in [0.25, 0.3) is 5.91 Å². The molecule has 0 radical (unpaired) electrons. The minimum Gasteiger partial charge on any atom is -0.396 e. The van der Waals surface area contributed by atoms with Crippen LogP contribution >= 0.6 is 0 Å². The summed E-state index contributed by atoms with van der Waals surface area (Å²) in [7, 11) is 0. The van der Waals surface area contributed by atoms with Gasteiger partial charge in [0.05, 0.1) is 0 Å². The molecule has 2 aromatic rings. The molecule has 3 N–H and O–H groups in total. The summed E-state index contributed by atoms with van der Waals surface area (Å²) in [6.45, 7) is 1.96. The molecule has 23 heavy (non-hydrogen) atoms. The van der Waals surface area contributed by atoms with E-state index in [4.69, 9.17) is 0 Å². The summed E-state index contributed by atoms with van der Waals surface area (Å²) < 4.78 is 0. The molecule has 0 aliphatic heterocycles. The highest BCUT2D eigenvalue weighted by Crippen LogP contribution is 2.24. The summed E-state index contributed by atoms with van der Waals surface area (Å²) in [5.74, 6) is 1.38. The van der Waals surface area contributed by atoms with Crippen molar-refractivity contribution >= 4 is 5.91 Å². The predicted molar refractivity (Wildman–Crippen MR) is 86.9 cm³/mol. The third-order valence-corrected chi connectivity index (χ3v) is 4.44. The first kappa shape index (κ1) is 15.7. The lowest BCUT2D eigenvalue weighted by molar-refractivity contribution is 0.0872. The number of benzene rings is 1. The van der Waals surface area contributed by atoms with Gasteiger partial charge in [0, 0.05) is 29.7 Å². The van der Waals surface area contributed by atoms with Crippen molar-refractivity contribution in [3.8, 4) is 11.4 Å². The summed E-state index contributed by atoms with van der Waals surface area (Å²) in [5.41, 5.74) is 1.40. The molecule has 1 aliphatic rings. The molecule has 1 heterocycles. The number of nitrogens with zero attached hydrogens (tertiary/aromatic N) is 2. The molecule has 0 bridgehead atoms. The van der Waals surface area contributed by atoms with Crippen molar-refractivity contribution in [2.75, 3.05) is 6.61 Å². The fourth-order valence-corrected chi connectivity index (χ4v) is 3.14. The Hall–Kier alpha value is -2.21. The van der Waals surface area contributed by atoms with Gasteiger partial charge >= 0.3 is 0 Å². The highest BCUT2D eigenvalue weighted by molar-refractivity contribution is 5.95. The monoisotopic (exact) mass is 314 g/mol. The van der Waals surface area contributed by atoms with E-state index in [1.54, 1.807) is 12.1 Å². The Morgan fingerprint density at radius 3 is 2.96 bits per heavy atom. The number of aliphatic hydroxyl groups is 1. The molecule has 0 spiro atoms. The molecule has 2 unspecified atom stereocenters. The van der Waals surface area contributed by atoms with E-state index in [2.05, 4.69) is 20.5 Å². The van der Waals surface area contributed by atoms with Gasteiger partial charge in [-0.05, 0) is 31.9 Å². The molecule has 1 saturated carbocycles. The third kappa shape index (κ3) is 3.59. The van der Waals surface area contributed by atoms with Crippen LogP contribution in [0.3, 0.4) is 0 Å². The van der Waals surface area contributed by atoms with Crippen LogP contribution in [0.5, 0.6) is 0 Å². The van der Waals surface area contributed by atoms with E-state index < -0.39 is 0 Å². The number of amides is 1. The van der Waals surface area contributed by atoms with Gasteiger partial charge in [-0.1, -0.05) is 25.0 Å². The van der Waals surface area contributed by atoms with Gasteiger partial charge in [0.15, 0.2) is 5.82 Å². The normalized spacial score (nSPS) is 21.1. The fourth-order valence-electron chi connectivity index (χ4n) is 3.14. The summed E-state index contributed by atoms with van der Waals surface area (Å²) in [6, 6.07) is 7.36. The van der Waals surface area contributed by atoms with E-state index in [0.717, 1.165) is 37.1 Å². The predicted octanol–water partition coefficient (Wildman–Crippen LogP) is 2.06. The Balaban J connectivity index is 1.74. The Morgan fingerprint density at radius 1 is 1.39 bits per heavy atom. The van der Waals surface area contributed by atoms with Crippen molar-refractivity contribution in [1.29, 1.82) is 0 Å². The molecule has 1 aromatic heterocycles. The van der Waals surface area contributed by atoms with Crippen LogP contribution < -0.4 is 5.32 Å². The minimum absolute atomic E-state index is 0.0515. The molecule has 2 atom stereocenters. The van der Waals surface area contributed by atoms with E-state index in [1.165, 1.54) is 0 Å². The highest BCUT2D eigenvalue weighted by atomic mass is 16.3. The Kier molecular flexibility index (Phi) is 4.71. The quantitative estimate of drug-likeness (QED) is 0.805. The Morgan fingerprint density at radius 2 is 2.22 bits per heavy atom. The number of aryl methyl sites for hydroxylation is 1. The number of carbonyl (C=O) groups is 1. The van der Waals surface area contributed by atoms with Gasteiger partial charge in [-0.2, -0.15) is 5.10 Å². The molecule has 1 amide bonds. The summed E-state index contributed by atoms with van der Waals surface area (Å²) in [5, 5.41) is 19.5. The van der Waals surface area contributed by atoms with Crippen molar-refractivity contribution in [3.63, 3.8) is 0 Å². The van der Waals surface area contributed by atoms with Gasteiger partial charge in [0.2, 0.25) is 0 Å². The summed E-state index contributed by atoms with van der Waals surface area (Å²) >= 11 is 0. The van der Waals surface area contributed by atoms with E-state index in [9.17, 15) is 9.90 Å². The maximum Gasteiger partial charge on any atom is 0.251 e. The van der Waals surface area contributed by atoms with E-state index in [-0.39, 0.29) is 24.5 Å². The van der Waals surface area contributed by atoms with Crippen molar-refractivity contribution in [1.82, 2.24) is 20.5 Å². The topological polar surface area (TPSA) is 90.9 Å². The number of rotatable bonds is 4. The smallest absolute Gasteiger partial charge is 0.251 e. The van der Waals surface area contributed by atoms with Crippen molar-refractivity contribution in [2.45, 2.75) is 38.6 Å². The van der Waals surface area contributed by atoms with Gasteiger partial charge in [0.1, 0.15) is 5.82 Å². The maximum atomic E-state index is 12.5. The van der Waals surface area contributed by atoms with Gasteiger partial charge in [-0.3, -0.25) is 9.89 Å². The first-order valence-electron chi connectivity index (χ1n) is 8.08. The molecule has 1 aliphatic carbocycles. The zero-order valence-corrected chi connectivity index (χ0v) is 13.2. The van der Waals surface area contributed by atoms with Crippen LogP contribution in [0, 0.1) is 12.8 Å². The van der Waals surface area contributed by atoms with Crippen LogP contribution in [-0.2, 0) is 0 Å². The molecule has 6 heteroatoms. The lowest BCUT2D eigenvalue weighted by Crippen LogP contribution is -2.43. The number of hydrogen-bond donors (Lipinski definition) is 3. The second-order valence-corrected chi connectivity index (χ2v) is 6.13. The molecule has 3 rings (SSSR count). The zero-order chi connectivity index (χ0) is 16.2. The van der Waals surface area contributed by atoms with Crippen LogP contribution in [0.4, 0.5) is 0 Å². The van der Waals surface area contributed by atoms with Gasteiger partial charge in [-0.25, -0.2) is 4.98 Å². The third-order valence-electron chi connectivity index (χ3n) is 4.44. The molecule has 1 aromatic carbocycles. The largest absolute Gasteiger partial charge is 0.396 e. The average Bonchev–Trinajstić information content (AvgIpc) is 3.02. The molecule has 1 fully saturated rings. The summed E-state index contributed by atoms with van der Waals surface area (Å²) in [4.78, 5) is 16.8. The lowest BCUT2D eigenvalue weighted by atomic mass is 9.85. The first-order chi connectivity index (χ1) is 11.2. The number of aromatic amines is 1. The molecular formula is C17H22N4O2. The number of aliphatic hydroxyl groups excluding tert-OH is 1. The number of hydrogen-bond acceptors (Lipinski definition) is 4. The molecule has 0 saturated heterocycles. The number of aromatic nitrogens is 3. The molecule has 6 nitrogen and oxygen atoms in total. The maximum absolute atomic E-state index is 12.5. The van der Waals surface area contributed by atoms with Crippen molar-refractivity contribution in [3.05, 3.63) is 35.7 Å². The van der Waals surface area contributed by atoms with E-state index in [1.807, 2.05) is 19.1 Å². The molecular weight excluding hydrogens is 292 g/mol. The van der Waals surface area contributed by atoms with Gasteiger partial charge in [-0.15, -0.1) is 0 Å². The Labute approximate surface area is 135 Å². The fraction of sp³-hybridized carbons (Fsp3) is 0.471. The van der Waals surface area contributed by atoms with E-state index in [0.29, 0.717) is 11.4 Å². The van der Waals surface area contributed by atoms with Crippen LogP contribution in [0.15, 0.2) is 24.3 Å². The lowest BCUT2D eigenvalue weighted by Gasteiger charge is -2.30. The van der Waals surface area contributed by atoms with Crippen LogP contribution in [0.25, 0.3) is 11.4 Å². The van der Waals surface area contributed by atoms with E-state index >= 15 is 0 Å². The number of H-pyrrole nitrogens is 1. The number of carbonyl (C=O) groups excluding carboxylic acids is 1. The van der Waals surface area contributed by atoms with Crippen LogP contribution in [-0.4, -0.2) is 38.8 Å². The van der Waals surface area contributed by atoms with Crippen LogP contribution in [0.2, 0.25) is 0 Å². The SMILES string of the molecule is Cc1nc(-c2cccc(C(=O)NC3CCCCC3CO)c2)n[nH]1. The number of nitrogens with one attached hydrogen (secondary N) is 2. The second-order valence-electron chi connectivity index (χ2n) is 6.13. The standard InChI is InChI=1S/C17H22N4O2/c1-11-18-16(21-20-11)12-6-4-7-13(9-12)17(23)19-15-8-3-2-5-14(15)10-22/h4,6-7,9,14-15,22H,2-3,5,8,10H2,1H3,(H,19,23)(H,18,20,21). The van der Waals surface area contributed by atoms with Crippen molar-refractivity contribution in [2.24, 2.45) is 5.92 Å². The second kappa shape index (κ2) is 6.91. The van der Waals surface area contributed by atoms with Crippen molar-refractivity contribution < 1.29 is 9.90 Å².